The van der Waals surface area contributed by atoms with Crippen LogP contribution in [0.3, 0.4) is 0 Å². The van der Waals surface area contributed by atoms with E-state index < -0.39 is 0 Å². The van der Waals surface area contributed by atoms with Crippen LogP contribution in [0.25, 0.3) is 5.57 Å². The number of nitrogens with zero attached hydrogens (tertiary/aromatic N) is 1. The summed E-state index contributed by atoms with van der Waals surface area (Å²) in [6, 6.07) is 18.2. The van der Waals surface area contributed by atoms with Gasteiger partial charge in [0.25, 0.3) is 0 Å². The van der Waals surface area contributed by atoms with Gasteiger partial charge in [-0.15, -0.1) is 0 Å². The number of nitrogen functional groups attached to an aromatic ring is 1. The molecular formula is C16H14N2. The Balaban J connectivity index is 1.80. The number of hydrogen-bond donors (Lipinski definition) is 1. The first-order valence-electron chi connectivity index (χ1n) is 6.00. The zero-order valence-electron chi connectivity index (χ0n) is 10.0. The van der Waals surface area contributed by atoms with Gasteiger partial charge in [-0.05, 0) is 28.8 Å². The van der Waals surface area contributed by atoms with Crippen LogP contribution in [0.1, 0.15) is 17.5 Å². The number of benzene rings is 2. The normalized spacial score (nSPS) is 14.2. The van der Waals surface area contributed by atoms with Gasteiger partial charge in [-0.25, -0.2) is 0 Å². The largest absolute Gasteiger partial charge is 0.399 e. The summed E-state index contributed by atoms with van der Waals surface area (Å²) in [7, 11) is 0. The summed E-state index contributed by atoms with van der Waals surface area (Å²) in [5.74, 6) is 0. The number of rotatable bonds is 2. The first-order chi connectivity index (χ1) is 8.83. The molecule has 18 heavy (non-hydrogen) atoms. The molecule has 2 aromatic carbocycles. The predicted octanol–water partition coefficient (Wildman–Crippen LogP) is 3.50. The Kier molecular flexibility index (Phi) is 2.69. The molecule has 0 aromatic heterocycles. The van der Waals surface area contributed by atoms with E-state index in [1.54, 1.807) is 0 Å². The van der Waals surface area contributed by atoms with Gasteiger partial charge in [0.15, 0.2) is 0 Å². The molecule has 0 bridgehead atoms. The molecule has 88 valence electrons. The number of nitrogens with two attached hydrogens (primary N) is 1. The molecule has 0 fully saturated rings. The van der Waals surface area contributed by atoms with E-state index in [0.717, 1.165) is 17.8 Å². The number of aliphatic imine (C=N–C) groups is 1. The zero-order chi connectivity index (χ0) is 12.4. The van der Waals surface area contributed by atoms with E-state index in [1.807, 2.05) is 48.7 Å². The molecule has 0 radical (unpaired) electrons. The molecule has 0 saturated heterocycles. The quantitative estimate of drug-likeness (QED) is 0.793. The van der Waals surface area contributed by atoms with Gasteiger partial charge < -0.3 is 5.73 Å². The first-order valence-corrected chi connectivity index (χ1v) is 6.00. The van der Waals surface area contributed by atoms with Crippen molar-refractivity contribution in [3.63, 3.8) is 0 Å². The van der Waals surface area contributed by atoms with Crippen molar-refractivity contribution in [2.45, 2.75) is 6.42 Å². The highest BCUT2D eigenvalue weighted by molar-refractivity contribution is 6.09. The van der Waals surface area contributed by atoms with Crippen molar-refractivity contribution in [1.82, 2.24) is 0 Å². The summed E-state index contributed by atoms with van der Waals surface area (Å²) < 4.78 is 0. The van der Waals surface area contributed by atoms with Crippen LogP contribution in [0.4, 0.5) is 5.69 Å². The van der Waals surface area contributed by atoms with Crippen LogP contribution in [0, 0.1) is 0 Å². The summed E-state index contributed by atoms with van der Waals surface area (Å²) in [4.78, 5) is 4.51. The molecule has 2 N–H and O–H groups in total. The van der Waals surface area contributed by atoms with Crippen molar-refractivity contribution in [3.8, 4) is 0 Å². The van der Waals surface area contributed by atoms with E-state index in [4.69, 9.17) is 5.73 Å². The summed E-state index contributed by atoms with van der Waals surface area (Å²) >= 11 is 0. The van der Waals surface area contributed by atoms with Crippen molar-refractivity contribution in [2.24, 2.45) is 4.99 Å². The van der Waals surface area contributed by atoms with Crippen molar-refractivity contribution in [2.75, 3.05) is 5.73 Å². The van der Waals surface area contributed by atoms with Gasteiger partial charge in [-0.1, -0.05) is 42.5 Å². The topological polar surface area (TPSA) is 38.4 Å². The minimum Gasteiger partial charge on any atom is -0.399 e. The third kappa shape index (κ3) is 2.05. The van der Waals surface area contributed by atoms with Crippen LogP contribution in [0.5, 0.6) is 0 Å². The Bertz CT molecular complexity index is 607. The smallest absolute Gasteiger partial charge is 0.0520 e. The summed E-state index contributed by atoms with van der Waals surface area (Å²) in [5.41, 5.74) is 11.2. The average molecular weight is 234 g/mol. The molecular weight excluding hydrogens is 220 g/mol. The van der Waals surface area contributed by atoms with Crippen LogP contribution >= 0.6 is 0 Å². The third-order valence-corrected chi connectivity index (χ3v) is 3.12. The fourth-order valence-electron chi connectivity index (χ4n) is 2.11. The highest BCUT2D eigenvalue weighted by Gasteiger charge is 2.13. The van der Waals surface area contributed by atoms with E-state index in [0.29, 0.717) is 0 Å². The summed E-state index contributed by atoms with van der Waals surface area (Å²) in [6.45, 7) is 0. The molecule has 0 unspecified atom stereocenters. The number of allylic oxidation sites excluding steroid dienone is 1. The number of anilines is 1. The van der Waals surface area contributed by atoms with Crippen LogP contribution in [-0.2, 0) is 0 Å². The molecule has 1 heterocycles. The standard InChI is InChI=1S/C16H14N2/c17-15-8-6-12(7-9-15)14-10-16(18-11-14)13-4-2-1-3-5-13/h1-9,11H,10,17H2. The van der Waals surface area contributed by atoms with Crippen LogP contribution in [0.2, 0.25) is 0 Å². The van der Waals surface area contributed by atoms with Gasteiger partial charge in [0, 0.05) is 18.3 Å². The maximum atomic E-state index is 5.70. The van der Waals surface area contributed by atoms with E-state index in [1.165, 1.54) is 16.7 Å². The Morgan fingerprint density at radius 1 is 0.833 bits per heavy atom. The SMILES string of the molecule is Nc1ccc(C2=CN=C(c3ccccc3)C2)cc1. The van der Waals surface area contributed by atoms with E-state index >= 15 is 0 Å². The second-order valence-electron chi connectivity index (χ2n) is 4.39. The Labute approximate surface area is 106 Å². The first kappa shape index (κ1) is 10.8. The van der Waals surface area contributed by atoms with Crippen molar-refractivity contribution in [3.05, 3.63) is 71.9 Å². The van der Waals surface area contributed by atoms with Crippen molar-refractivity contribution < 1.29 is 0 Å². The highest BCUT2D eigenvalue weighted by Crippen LogP contribution is 2.26. The van der Waals surface area contributed by atoms with Crippen LogP contribution in [-0.4, -0.2) is 5.71 Å². The van der Waals surface area contributed by atoms with Crippen molar-refractivity contribution in [1.29, 1.82) is 0 Å². The molecule has 0 aliphatic carbocycles. The van der Waals surface area contributed by atoms with Crippen molar-refractivity contribution >= 4 is 17.0 Å². The fraction of sp³-hybridized carbons (Fsp3) is 0.0625. The zero-order valence-corrected chi connectivity index (χ0v) is 10.0. The molecule has 0 spiro atoms. The second-order valence-corrected chi connectivity index (χ2v) is 4.39. The van der Waals surface area contributed by atoms with Gasteiger partial charge in [-0.3, -0.25) is 4.99 Å². The molecule has 2 nitrogen and oxygen atoms in total. The second kappa shape index (κ2) is 4.49. The average Bonchev–Trinajstić information content (AvgIpc) is 2.90. The monoisotopic (exact) mass is 234 g/mol. The van der Waals surface area contributed by atoms with Gasteiger partial charge >= 0.3 is 0 Å². The van der Waals surface area contributed by atoms with Gasteiger partial charge in [0.1, 0.15) is 0 Å². The molecule has 0 atom stereocenters. The lowest BCUT2D eigenvalue weighted by Gasteiger charge is -2.04. The van der Waals surface area contributed by atoms with Crippen LogP contribution in [0.15, 0.2) is 65.8 Å². The lowest BCUT2D eigenvalue weighted by atomic mass is 9.99. The molecule has 3 rings (SSSR count). The molecule has 1 aliphatic rings. The lowest BCUT2D eigenvalue weighted by Crippen LogP contribution is -1.97. The number of hydrogen-bond acceptors (Lipinski definition) is 2. The molecule has 2 aromatic rings. The predicted molar refractivity (Wildman–Crippen MR) is 76.4 cm³/mol. The van der Waals surface area contributed by atoms with Gasteiger partial charge in [-0.2, -0.15) is 0 Å². The highest BCUT2D eigenvalue weighted by atomic mass is 14.7. The molecule has 0 amide bonds. The Hall–Kier alpha value is -2.35. The Morgan fingerprint density at radius 3 is 2.28 bits per heavy atom. The molecule has 2 heteroatoms. The minimum absolute atomic E-state index is 0.793. The van der Waals surface area contributed by atoms with E-state index in [-0.39, 0.29) is 0 Å². The van der Waals surface area contributed by atoms with Crippen LogP contribution < -0.4 is 5.73 Å². The molecule has 1 aliphatic heterocycles. The lowest BCUT2D eigenvalue weighted by molar-refractivity contribution is 1.47. The summed E-state index contributed by atoms with van der Waals surface area (Å²) in [5, 5.41) is 0. The van der Waals surface area contributed by atoms with Gasteiger partial charge in [0.2, 0.25) is 0 Å². The maximum absolute atomic E-state index is 5.70. The maximum Gasteiger partial charge on any atom is 0.0520 e. The third-order valence-electron chi connectivity index (χ3n) is 3.12. The Morgan fingerprint density at radius 2 is 1.56 bits per heavy atom. The van der Waals surface area contributed by atoms with E-state index in [2.05, 4.69) is 17.1 Å². The minimum atomic E-state index is 0.793. The van der Waals surface area contributed by atoms with E-state index in [9.17, 15) is 0 Å². The fourth-order valence-corrected chi connectivity index (χ4v) is 2.11. The summed E-state index contributed by atoms with van der Waals surface area (Å²) in [6.07, 6.45) is 2.84. The molecule has 0 saturated carbocycles. The van der Waals surface area contributed by atoms with Gasteiger partial charge in [0.05, 0.1) is 5.71 Å².